The van der Waals surface area contributed by atoms with Crippen molar-refractivity contribution in [2.24, 2.45) is 0 Å². The van der Waals surface area contributed by atoms with Gasteiger partial charge in [-0.1, -0.05) is 52.6 Å². The van der Waals surface area contributed by atoms with E-state index >= 15 is 0 Å². The van der Waals surface area contributed by atoms with Crippen molar-refractivity contribution in [2.75, 3.05) is 18.3 Å². The van der Waals surface area contributed by atoms with Gasteiger partial charge in [0.2, 0.25) is 6.79 Å². The first kappa shape index (κ1) is 19.0. The van der Waals surface area contributed by atoms with Gasteiger partial charge in [-0.25, -0.2) is 0 Å². The number of thiocarbonyl (C=S) groups is 1. The van der Waals surface area contributed by atoms with E-state index in [4.69, 9.17) is 26.4 Å². The van der Waals surface area contributed by atoms with Crippen LogP contribution in [-0.2, 0) is 4.79 Å². The molecule has 0 aliphatic carbocycles. The van der Waals surface area contributed by atoms with E-state index in [0.717, 1.165) is 10.0 Å². The summed E-state index contributed by atoms with van der Waals surface area (Å²) >= 11 is 10.2. The number of rotatable bonds is 5. The molecular weight excluding hydrogens is 462 g/mol. The van der Waals surface area contributed by atoms with Crippen LogP contribution >= 0.6 is 39.9 Å². The zero-order valence-corrected chi connectivity index (χ0v) is 17.7. The second-order valence-electron chi connectivity index (χ2n) is 5.84. The Labute approximate surface area is 180 Å². The number of hydrogen-bond acceptors (Lipinski definition) is 6. The zero-order valence-electron chi connectivity index (χ0n) is 14.5. The molecule has 0 atom stereocenters. The van der Waals surface area contributed by atoms with Gasteiger partial charge in [-0.05, 0) is 36.4 Å². The fraction of sp³-hybridized carbons (Fsp3) is 0.100. The van der Waals surface area contributed by atoms with Crippen LogP contribution in [0.4, 0.5) is 5.69 Å². The number of thioether (sulfide) groups is 1. The van der Waals surface area contributed by atoms with Crippen molar-refractivity contribution in [1.29, 1.82) is 0 Å². The lowest BCUT2D eigenvalue weighted by atomic mass is 10.2. The number of fused-ring (bicyclic) bond motifs is 1. The Morgan fingerprint density at radius 1 is 1.25 bits per heavy atom. The number of carbonyl (C=O) groups is 1. The maximum atomic E-state index is 13.0. The van der Waals surface area contributed by atoms with Crippen molar-refractivity contribution < 1.29 is 19.0 Å². The quantitative estimate of drug-likeness (QED) is 0.338. The third kappa shape index (κ3) is 3.67. The highest BCUT2D eigenvalue weighted by Crippen LogP contribution is 2.41. The molecule has 0 bridgehead atoms. The molecular formula is C20H14BrNO4S2. The van der Waals surface area contributed by atoms with Crippen LogP contribution in [-0.4, -0.2) is 23.6 Å². The minimum atomic E-state index is -0.191. The van der Waals surface area contributed by atoms with Crippen molar-refractivity contribution in [1.82, 2.24) is 0 Å². The molecule has 1 saturated heterocycles. The largest absolute Gasteiger partial charge is 0.489 e. The SMILES string of the molecule is C=CCOc1ccc(Br)cc1/C=C1/SC(=S)N(c2ccc3c(c2)OCO3)C1=O. The Morgan fingerprint density at radius 2 is 2.07 bits per heavy atom. The highest BCUT2D eigenvalue weighted by molar-refractivity contribution is 9.10. The van der Waals surface area contributed by atoms with Gasteiger partial charge in [0.25, 0.3) is 5.91 Å². The van der Waals surface area contributed by atoms with Gasteiger partial charge in [0.1, 0.15) is 12.4 Å². The molecule has 1 amide bonds. The summed E-state index contributed by atoms with van der Waals surface area (Å²) in [4.78, 5) is 15.1. The van der Waals surface area contributed by atoms with Crippen molar-refractivity contribution >= 4 is 61.9 Å². The summed E-state index contributed by atoms with van der Waals surface area (Å²) in [6, 6.07) is 10.9. The van der Waals surface area contributed by atoms with E-state index in [1.54, 1.807) is 30.4 Å². The van der Waals surface area contributed by atoms with E-state index in [1.165, 1.54) is 16.7 Å². The van der Waals surface area contributed by atoms with Gasteiger partial charge in [-0.2, -0.15) is 0 Å². The van der Waals surface area contributed by atoms with E-state index in [2.05, 4.69) is 22.5 Å². The number of nitrogens with zero attached hydrogens (tertiary/aromatic N) is 1. The number of amides is 1. The summed E-state index contributed by atoms with van der Waals surface area (Å²) in [7, 11) is 0. The lowest BCUT2D eigenvalue weighted by Gasteiger charge is -2.14. The van der Waals surface area contributed by atoms with Crippen LogP contribution in [0.5, 0.6) is 17.2 Å². The van der Waals surface area contributed by atoms with Gasteiger partial charge in [-0.3, -0.25) is 9.69 Å². The Morgan fingerprint density at radius 3 is 2.89 bits per heavy atom. The van der Waals surface area contributed by atoms with E-state index in [0.29, 0.717) is 38.8 Å². The number of ether oxygens (including phenoxy) is 3. The molecule has 0 unspecified atom stereocenters. The topological polar surface area (TPSA) is 48.0 Å². The molecule has 8 heteroatoms. The molecule has 0 aromatic heterocycles. The molecule has 0 saturated carbocycles. The fourth-order valence-corrected chi connectivity index (χ4v) is 4.44. The fourth-order valence-electron chi connectivity index (χ4n) is 2.77. The number of benzene rings is 2. The summed E-state index contributed by atoms with van der Waals surface area (Å²) in [6.07, 6.45) is 3.46. The third-order valence-electron chi connectivity index (χ3n) is 4.02. The standard InChI is InChI=1S/C20H14BrNO4S2/c1-2-7-24-15-5-3-13(21)8-12(15)9-18-19(23)22(20(27)28-18)14-4-6-16-17(10-14)26-11-25-16/h2-6,8-10H,1,7,11H2/b18-9+. The van der Waals surface area contributed by atoms with E-state index in [1.807, 2.05) is 18.2 Å². The summed E-state index contributed by atoms with van der Waals surface area (Å²) in [6.45, 7) is 4.22. The van der Waals surface area contributed by atoms with Gasteiger partial charge in [0, 0.05) is 16.1 Å². The average molecular weight is 476 g/mol. The normalized spacial score (nSPS) is 16.8. The van der Waals surface area contributed by atoms with Gasteiger partial charge in [0.05, 0.1) is 10.6 Å². The number of anilines is 1. The van der Waals surface area contributed by atoms with Crippen LogP contribution < -0.4 is 19.1 Å². The minimum absolute atomic E-state index is 0.174. The molecule has 5 nitrogen and oxygen atoms in total. The summed E-state index contributed by atoms with van der Waals surface area (Å²) < 4.78 is 17.8. The molecule has 2 aromatic rings. The maximum absolute atomic E-state index is 13.0. The zero-order chi connectivity index (χ0) is 19.7. The van der Waals surface area contributed by atoms with Gasteiger partial charge < -0.3 is 14.2 Å². The van der Waals surface area contributed by atoms with E-state index in [-0.39, 0.29) is 12.7 Å². The molecule has 0 spiro atoms. The van der Waals surface area contributed by atoms with Gasteiger partial charge in [0.15, 0.2) is 15.8 Å². The monoisotopic (exact) mass is 475 g/mol. The second-order valence-corrected chi connectivity index (χ2v) is 8.43. The van der Waals surface area contributed by atoms with Gasteiger partial charge in [-0.15, -0.1) is 0 Å². The predicted octanol–water partition coefficient (Wildman–Crippen LogP) is 5.15. The molecule has 0 radical (unpaired) electrons. The highest BCUT2D eigenvalue weighted by atomic mass is 79.9. The second kappa shape index (κ2) is 7.98. The Bertz CT molecular complexity index is 1020. The van der Waals surface area contributed by atoms with Crippen LogP contribution in [0.15, 0.2) is 58.4 Å². The van der Waals surface area contributed by atoms with Gasteiger partial charge >= 0.3 is 0 Å². The highest BCUT2D eigenvalue weighted by Gasteiger charge is 2.34. The lowest BCUT2D eigenvalue weighted by Crippen LogP contribution is -2.27. The van der Waals surface area contributed by atoms with Crippen molar-refractivity contribution in [2.45, 2.75) is 0 Å². The van der Waals surface area contributed by atoms with Crippen LogP contribution in [0, 0.1) is 0 Å². The molecule has 4 rings (SSSR count). The third-order valence-corrected chi connectivity index (χ3v) is 5.82. The van der Waals surface area contributed by atoms with Crippen LogP contribution in [0.3, 0.4) is 0 Å². The van der Waals surface area contributed by atoms with Crippen LogP contribution in [0.1, 0.15) is 5.56 Å². The molecule has 28 heavy (non-hydrogen) atoms. The predicted molar refractivity (Wildman–Crippen MR) is 118 cm³/mol. The number of halogens is 1. The summed E-state index contributed by atoms with van der Waals surface area (Å²) in [5, 5.41) is 0. The molecule has 0 N–H and O–H groups in total. The number of hydrogen-bond donors (Lipinski definition) is 0. The Kier molecular flexibility index (Phi) is 5.43. The van der Waals surface area contributed by atoms with E-state index in [9.17, 15) is 4.79 Å². The smallest absolute Gasteiger partial charge is 0.270 e. The molecule has 1 fully saturated rings. The first-order valence-corrected chi connectivity index (χ1v) is 10.3. The molecule has 2 aliphatic rings. The van der Waals surface area contributed by atoms with Crippen LogP contribution in [0.25, 0.3) is 6.08 Å². The maximum Gasteiger partial charge on any atom is 0.270 e. The molecule has 142 valence electrons. The van der Waals surface area contributed by atoms with Crippen molar-refractivity contribution in [3.05, 3.63) is 64.0 Å². The molecule has 2 aliphatic heterocycles. The summed E-state index contributed by atoms with van der Waals surface area (Å²) in [5.41, 5.74) is 1.43. The molecule has 2 aromatic carbocycles. The van der Waals surface area contributed by atoms with Crippen molar-refractivity contribution in [3.8, 4) is 17.2 Å². The average Bonchev–Trinajstić information content (AvgIpc) is 3.25. The number of carbonyl (C=O) groups excluding carboxylic acids is 1. The molecule has 2 heterocycles. The van der Waals surface area contributed by atoms with Crippen LogP contribution in [0.2, 0.25) is 0 Å². The Balaban J connectivity index is 1.66. The Hall–Kier alpha value is -2.29. The summed E-state index contributed by atoms with van der Waals surface area (Å²) in [5.74, 6) is 1.73. The first-order chi connectivity index (χ1) is 13.6. The first-order valence-electron chi connectivity index (χ1n) is 8.27. The lowest BCUT2D eigenvalue weighted by molar-refractivity contribution is -0.113. The van der Waals surface area contributed by atoms with Crippen molar-refractivity contribution in [3.63, 3.8) is 0 Å². The minimum Gasteiger partial charge on any atom is -0.489 e. The van der Waals surface area contributed by atoms with E-state index < -0.39 is 0 Å².